The molecular formula is C32H33ClFN3O4. The van der Waals surface area contributed by atoms with E-state index in [0.29, 0.717) is 58.2 Å². The number of H-pyrrole nitrogens is 1. The number of nitrogens with zero attached hydrogens (tertiary/aromatic N) is 2. The summed E-state index contributed by atoms with van der Waals surface area (Å²) in [6.07, 6.45) is 0.903. The highest BCUT2D eigenvalue weighted by Gasteiger charge is 2.43. The number of hydrogen-bond acceptors (Lipinski definition) is 5. The van der Waals surface area contributed by atoms with Crippen molar-refractivity contribution in [2.24, 2.45) is 5.92 Å². The topological polar surface area (TPSA) is 87.7 Å². The van der Waals surface area contributed by atoms with Gasteiger partial charge in [0.05, 0.1) is 19.3 Å². The number of phenolic OH excluding ortho intramolecular Hbond substituents is 1. The van der Waals surface area contributed by atoms with Crippen LogP contribution in [0.5, 0.6) is 17.2 Å². The lowest BCUT2D eigenvalue weighted by atomic mass is 9.94. The quantitative estimate of drug-likeness (QED) is 0.204. The summed E-state index contributed by atoms with van der Waals surface area (Å²) in [6.45, 7) is 9.20. The normalized spacial score (nSPS) is 14.6. The molecular weight excluding hydrogens is 545 g/mol. The van der Waals surface area contributed by atoms with Crippen molar-refractivity contribution < 1.29 is 23.8 Å². The number of phenols is 1. The van der Waals surface area contributed by atoms with Crippen LogP contribution in [0.25, 0.3) is 11.3 Å². The van der Waals surface area contributed by atoms with Gasteiger partial charge in [-0.25, -0.2) is 4.39 Å². The Hall–Kier alpha value is -4.04. The number of aromatic amines is 1. The number of carbonyl (C=O) groups excluding carboxylic acids is 1. The molecule has 0 aliphatic carbocycles. The van der Waals surface area contributed by atoms with Crippen LogP contribution in [0.2, 0.25) is 5.02 Å². The highest BCUT2D eigenvalue weighted by molar-refractivity contribution is 6.31. The van der Waals surface area contributed by atoms with Crippen molar-refractivity contribution in [3.63, 3.8) is 0 Å². The molecule has 0 fully saturated rings. The van der Waals surface area contributed by atoms with Crippen LogP contribution in [0.15, 0.2) is 54.6 Å². The Bertz CT molecular complexity index is 1570. The summed E-state index contributed by atoms with van der Waals surface area (Å²) in [5.74, 6) is 1.09. The van der Waals surface area contributed by atoms with Crippen molar-refractivity contribution in [2.75, 3.05) is 13.2 Å². The maximum absolute atomic E-state index is 13.8. The van der Waals surface area contributed by atoms with Crippen molar-refractivity contribution in [1.29, 1.82) is 0 Å². The Balaban J connectivity index is 1.63. The van der Waals surface area contributed by atoms with Gasteiger partial charge in [-0.15, -0.1) is 0 Å². The smallest absolute Gasteiger partial charge is 0.273 e. The molecule has 0 spiro atoms. The summed E-state index contributed by atoms with van der Waals surface area (Å²) < 4.78 is 25.7. The van der Waals surface area contributed by atoms with E-state index in [2.05, 4.69) is 24.0 Å². The van der Waals surface area contributed by atoms with E-state index in [0.717, 1.165) is 23.1 Å². The zero-order valence-corrected chi connectivity index (χ0v) is 24.3. The molecule has 0 radical (unpaired) electrons. The van der Waals surface area contributed by atoms with Crippen molar-refractivity contribution in [3.05, 3.63) is 93.4 Å². The van der Waals surface area contributed by atoms with Gasteiger partial charge in [-0.3, -0.25) is 9.89 Å². The monoisotopic (exact) mass is 577 g/mol. The Morgan fingerprint density at radius 3 is 2.56 bits per heavy atom. The highest BCUT2D eigenvalue weighted by Crippen LogP contribution is 2.47. The van der Waals surface area contributed by atoms with E-state index in [1.54, 1.807) is 36.1 Å². The third-order valence-electron chi connectivity index (χ3n) is 7.20. The lowest BCUT2D eigenvalue weighted by molar-refractivity contribution is 0.0729. The molecule has 1 aromatic heterocycles. The van der Waals surface area contributed by atoms with E-state index >= 15 is 0 Å². The molecule has 0 saturated heterocycles. The zero-order valence-electron chi connectivity index (χ0n) is 23.5. The van der Waals surface area contributed by atoms with Crippen LogP contribution >= 0.6 is 11.6 Å². The van der Waals surface area contributed by atoms with Gasteiger partial charge < -0.3 is 19.5 Å². The van der Waals surface area contributed by atoms with Crippen LogP contribution in [0.1, 0.15) is 66.0 Å². The van der Waals surface area contributed by atoms with Gasteiger partial charge in [0.2, 0.25) is 0 Å². The first-order valence-corrected chi connectivity index (χ1v) is 14.1. The summed E-state index contributed by atoms with van der Waals surface area (Å²) >= 11 is 6.43. The molecule has 1 unspecified atom stereocenters. The van der Waals surface area contributed by atoms with Crippen LogP contribution in [0, 0.1) is 18.7 Å². The van der Waals surface area contributed by atoms with Crippen LogP contribution in [-0.4, -0.2) is 39.3 Å². The van der Waals surface area contributed by atoms with Crippen LogP contribution in [-0.2, 0) is 6.54 Å². The van der Waals surface area contributed by atoms with E-state index in [1.807, 2.05) is 25.1 Å². The van der Waals surface area contributed by atoms with Gasteiger partial charge in [0.1, 0.15) is 23.0 Å². The Morgan fingerprint density at radius 2 is 1.85 bits per heavy atom. The molecule has 7 nitrogen and oxygen atoms in total. The van der Waals surface area contributed by atoms with Gasteiger partial charge >= 0.3 is 0 Å². The molecule has 2 heterocycles. The number of nitrogens with one attached hydrogen (secondary N) is 1. The summed E-state index contributed by atoms with van der Waals surface area (Å²) in [5.41, 5.74) is 4.04. The highest BCUT2D eigenvalue weighted by atomic mass is 35.5. The average molecular weight is 578 g/mol. The molecule has 0 saturated carbocycles. The molecule has 1 amide bonds. The number of carbonyl (C=O) groups is 1. The first-order chi connectivity index (χ1) is 19.7. The Labute approximate surface area is 243 Å². The predicted molar refractivity (Wildman–Crippen MR) is 156 cm³/mol. The van der Waals surface area contributed by atoms with Crippen LogP contribution < -0.4 is 9.47 Å². The van der Waals surface area contributed by atoms with Crippen molar-refractivity contribution in [2.45, 2.75) is 46.7 Å². The molecule has 2 N–H and O–H groups in total. The minimum Gasteiger partial charge on any atom is -0.507 e. The summed E-state index contributed by atoms with van der Waals surface area (Å²) in [6, 6.07) is 14.4. The summed E-state index contributed by atoms with van der Waals surface area (Å²) in [5, 5.41) is 18.7. The fourth-order valence-corrected chi connectivity index (χ4v) is 5.20. The van der Waals surface area contributed by atoms with E-state index in [4.69, 9.17) is 21.1 Å². The molecule has 9 heteroatoms. The number of halogens is 2. The molecule has 214 valence electrons. The van der Waals surface area contributed by atoms with Crippen LogP contribution in [0.3, 0.4) is 0 Å². The first kappa shape index (κ1) is 28.5. The first-order valence-electron chi connectivity index (χ1n) is 13.7. The molecule has 1 aliphatic rings. The molecule has 41 heavy (non-hydrogen) atoms. The number of ether oxygens (including phenoxy) is 2. The number of fused-ring (bicyclic) bond motifs is 1. The molecule has 3 aromatic carbocycles. The molecule has 1 atom stereocenters. The number of aryl methyl sites for hydroxylation is 1. The summed E-state index contributed by atoms with van der Waals surface area (Å²) in [7, 11) is 0. The molecule has 5 rings (SSSR count). The van der Waals surface area contributed by atoms with E-state index in [-0.39, 0.29) is 24.0 Å². The fraction of sp³-hybridized carbons (Fsp3) is 0.312. The second-order valence-electron chi connectivity index (χ2n) is 10.6. The number of amides is 1. The second-order valence-corrected chi connectivity index (χ2v) is 11.0. The third-order valence-corrected chi connectivity index (χ3v) is 7.61. The number of benzene rings is 3. The maximum Gasteiger partial charge on any atom is 0.273 e. The third kappa shape index (κ3) is 5.75. The van der Waals surface area contributed by atoms with Gasteiger partial charge in [0.15, 0.2) is 11.5 Å². The van der Waals surface area contributed by atoms with Crippen molar-refractivity contribution in [3.8, 4) is 28.5 Å². The maximum atomic E-state index is 13.8. The van der Waals surface area contributed by atoms with E-state index in [1.165, 1.54) is 12.1 Å². The fourth-order valence-electron chi connectivity index (χ4n) is 5.04. The number of aromatic hydroxyl groups is 1. The minimum absolute atomic E-state index is 0.00768. The zero-order chi connectivity index (χ0) is 29.3. The van der Waals surface area contributed by atoms with Gasteiger partial charge in [0.25, 0.3) is 5.91 Å². The van der Waals surface area contributed by atoms with Gasteiger partial charge in [-0.1, -0.05) is 43.6 Å². The lowest BCUT2D eigenvalue weighted by Gasteiger charge is -2.27. The van der Waals surface area contributed by atoms with Gasteiger partial charge in [0, 0.05) is 22.7 Å². The Morgan fingerprint density at radius 1 is 1.10 bits per heavy atom. The lowest BCUT2D eigenvalue weighted by Crippen LogP contribution is -2.29. The predicted octanol–water partition coefficient (Wildman–Crippen LogP) is 7.45. The van der Waals surface area contributed by atoms with Crippen molar-refractivity contribution >= 4 is 17.5 Å². The SMILES string of the molecule is CCOc1cc(C2c3c(-c4cc(Cl)c(C)cc4O)n[nH]c3C(=O)N2Cc2ccc(F)cc2)ccc1OCCC(C)C. The molecule has 1 aliphatic heterocycles. The average Bonchev–Trinajstić information content (AvgIpc) is 3.47. The Kier molecular flexibility index (Phi) is 8.22. The molecule has 4 aromatic rings. The largest absolute Gasteiger partial charge is 0.507 e. The molecule has 0 bridgehead atoms. The number of hydrogen-bond donors (Lipinski definition) is 2. The minimum atomic E-state index is -0.584. The standard InChI is InChI=1S/C32H33ClFN3O4/c1-5-40-27-15-21(8-11-26(27)41-13-12-18(2)3)31-28-29(23-16-24(33)19(4)14-25(23)38)35-36-30(28)32(39)37(31)17-20-6-9-22(34)10-7-20/h6-11,14-16,18,31,38H,5,12-13,17H2,1-4H3,(H,35,36). The van der Waals surface area contributed by atoms with Gasteiger partial charge in [-0.05, 0) is 79.3 Å². The second kappa shape index (κ2) is 11.8. The number of rotatable bonds is 10. The van der Waals surface area contributed by atoms with E-state index < -0.39 is 6.04 Å². The van der Waals surface area contributed by atoms with Gasteiger partial charge in [-0.2, -0.15) is 5.10 Å². The summed E-state index contributed by atoms with van der Waals surface area (Å²) in [4.78, 5) is 15.5. The van der Waals surface area contributed by atoms with E-state index in [9.17, 15) is 14.3 Å². The van der Waals surface area contributed by atoms with Crippen molar-refractivity contribution in [1.82, 2.24) is 15.1 Å². The number of aromatic nitrogens is 2. The van der Waals surface area contributed by atoms with Crippen LogP contribution in [0.4, 0.5) is 4.39 Å².